The van der Waals surface area contributed by atoms with Crippen molar-refractivity contribution < 1.29 is 4.74 Å². The first-order chi connectivity index (χ1) is 11.7. The smallest absolute Gasteiger partial charge is 0.203 e. The van der Waals surface area contributed by atoms with E-state index in [4.69, 9.17) is 9.72 Å². The van der Waals surface area contributed by atoms with Crippen LogP contribution < -0.4 is 5.32 Å². The molecule has 3 heterocycles. The summed E-state index contributed by atoms with van der Waals surface area (Å²) in [7, 11) is 0. The number of imidazole rings is 1. The molecule has 1 aromatic carbocycles. The number of aromatic nitrogens is 2. The fourth-order valence-corrected chi connectivity index (χ4v) is 5.25. The van der Waals surface area contributed by atoms with E-state index in [1.807, 2.05) is 0 Å². The third-order valence-electron chi connectivity index (χ3n) is 4.74. The number of ether oxygens (including phenoxy) is 1. The quantitative estimate of drug-likeness (QED) is 0.563. The van der Waals surface area contributed by atoms with Crippen LogP contribution in [-0.4, -0.2) is 53.8 Å². The number of morpholine rings is 1. The SMILES string of the molecule is Brc1c(Br)c2c3c(nc(NCCN4CCOCC4)n3CCC2)c1Br.Cl. The Morgan fingerprint density at radius 3 is 2.56 bits per heavy atom. The zero-order valence-corrected chi connectivity index (χ0v) is 19.2. The van der Waals surface area contributed by atoms with Crippen molar-refractivity contribution in [3.8, 4) is 0 Å². The molecule has 1 saturated heterocycles. The summed E-state index contributed by atoms with van der Waals surface area (Å²) in [6, 6.07) is 0. The summed E-state index contributed by atoms with van der Waals surface area (Å²) in [4.78, 5) is 7.31. The lowest BCUT2D eigenvalue weighted by molar-refractivity contribution is 0.0398. The highest BCUT2D eigenvalue weighted by Gasteiger charge is 2.24. The summed E-state index contributed by atoms with van der Waals surface area (Å²) in [6.45, 7) is 6.67. The number of benzene rings is 1. The summed E-state index contributed by atoms with van der Waals surface area (Å²) in [5, 5.41) is 3.55. The van der Waals surface area contributed by atoms with Gasteiger partial charge in [-0.1, -0.05) is 0 Å². The third kappa shape index (κ3) is 3.75. The maximum atomic E-state index is 5.40. The second kappa shape index (κ2) is 8.44. The van der Waals surface area contributed by atoms with Crippen LogP contribution in [0.25, 0.3) is 11.0 Å². The van der Waals surface area contributed by atoms with Gasteiger partial charge in [0, 0.05) is 41.7 Å². The Hall–Kier alpha value is 0.140. The monoisotopic (exact) mass is 556 g/mol. The summed E-state index contributed by atoms with van der Waals surface area (Å²) in [5.41, 5.74) is 3.63. The van der Waals surface area contributed by atoms with Gasteiger partial charge in [0.15, 0.2) is 0 Å². The number of hydrogen-bond donors (Lipinski definition) is 1. The Labute approximate surface area is 178 Å². The lowest BCUT2D eigenvalue weighted by Gasteiger charge is -2.26. The van der Waals surface area contributed by atoms with Crippen LogP contribution >= 0.6 is 60.2 Å². The number of halogens is 4. The lowest BCUT2D eigenvalue weighted by atomic mass is 10.0. The minimum atomic E-state index is 0. The molecule has 0 unspecified atom stereocenters. The van der Waals surface area contributed by atoms with Crippen molar-refractivity contribution in [2.75, 3.05) is 44.7 Å². The largest absolute Gasteiger partial charge is 0.379 e. The van der Waals surface area contributed by atoms with Crippen molar-refractivity contribution in [1.29, 1.82) is 0 Å². The molecular formula is C16H20Br3ClN4O. The van der Waals surface area contributed by atoms with Gasteiger partial charge in [-0.15, -0.1) is 12.4 Å². The molecule has 0 spiro atoms. The number of rotatable bonds is 4. The van der Waals surface area contributed by atoms with E-state index < -0.39 is 0 Å². The first kappa shape index (κ1) is 19.9. The van der Waals surface area contributed by atoms with E-state index in [1.54, 1.807) is 0 Å². The van der Waals surface area contributed by atoms with Gasteiger partial charge in [-0.2, -0.15) is 0 Å². The molecule has 2 aliphatic heterocycles. The van der Waals surface area contributed by atoms with Gasteiger partial charge < -0.3 is 14.6 Å². The average Bonchev–Trinajstić information content (AvgIpc) is 2.99. The van der Waals surface area contributed by atoms with Crippen LogP contribution in [0.15, 0.2) is 13.4 Å². The highest BCUT2D eigenvalue weighted by atomic mass is 79.9. The van der Waals surface area contributed by atoms with Crippen LogP contribution in [0.2, 0.25) is 0 Å². The zero-order chi connectivity index (χ0) is 16.7. The van der Waals surface area contributed by atoms with Crippen molar-refractivity contribution in [2.45, 2.75) is 19.4 Å². The van der Waals surface area contributed by atoms with Gasteiger partial charge in [0.1, 0.15) is 5.52 Å². The average molecular weight is 560 g/mol. The van der Waals surface area contributed by atoms with Crippen LogP contribution in [0.4, 0.5) is 5.95 Å². The van der Waals surface area contributed by atoms with E-state index in [1.165, 1.54) is 11.1 Å². The summed E-state index contributed by atoms with van der Waals surface area (Å²) in [5.74, 6) is 0.977. The Balaban J connectivity index is 0.00000182. The Bertz CT molecular complexity index is 777. The van der Waals surface area contributed by atoms with Crippen LogP contribution in [0.3, 0.4) is 0 Å². The Kier molecular flexibility index (Phi) is 6.71. The van der Waals surface area contributed by atoms with Crippen LogP contribution in [0, 0.1) is 0 Å². The molecule has 9 heteroatoms. The molecule has 0 atom stereocenters. The molecule has 2 aliphatic rings. The van der Waals surface area contributed by atoms with Gasteiger partial charge in [0.05, 0.1) is 23.2 Å². The second-order valence-corrected chi connectivity index (χ2v) is 8.57. The maximum absolute atomic E-state index is 5.40. The van der Waals surface area contributed by atoms with E-state index in [2.05, 4.69) is 62.6 Å². The van der Waals surface area contributed by atoms with Crippen molar-refractivity contribution in [1.82, 2.24) is 14.5 Å². The van der Waals surface area contributed by atoms with Gasteiger partial charge in [-0.25, -0.2) is 4.98 Å². The van der Waals surface area contributed by atoms with E-state index in [0.717, 1.165) is 83.7 Å². The first-order valence-electron chi connectivity index (χ1n) is 8.26. The van der Waals surface area contributed by atoms with E-state index in [0.29, 0.717) is 0 Å². The summed E-state index contributed by atoms with van der Waals surface area (Å²) < 4.78 is 10.9. The number of nitrogens with zero attached hydrogens (tertiary/aromatic N) is 3. The zero-order valence-electron chi connectivity index (χ0n) is 13.7. The fraction of sp³-hybridized carbons (Fsp3) is 0.562. The van der Waals surface area contributed by atoms with Gasteiger partial charge in [0.25, 0.3) is 0 Å². The van der Waals surface area contributed by atoms with Gasteiger partial charge in [0.2, 0.25) is 5.95 Å². The topological polar surface area (TPSA) is 42.3 Å². The number of nitrogens with one attached hydrogen (secondary N) is 1. The highest BCUT2D eigenvalue weighted by Crippen LogP contribution is 2.43. The second-order valence-electron chi connectivity index (χ2n) is 6.19. The standard InChI is InChI=1S/C16H19Br3N4O.ClH/c17-11-10-2-1-4-23-15(10)14(13(19)12(11)18)21-16(23)20-3-5-22-6-8-24-9-7-22;/h1-9H2,(H,20,21);1H. The minimum absolute atomic E-state index is 0. The van der Waals surface area contributed by atoms with Crippen molar-refractivity contribution in [2.24, 2.45) is 0 Å². The number of anilines is 1. The third-order valence-corrected chi connectivity index (χ3v) is 8.24. The molecule has 0 radical (unpaired) electrons. The van der Waals surface area contributed by atoms with Gasteiger partial charge in [-0.3, -0.25) is 4.90 Å². The molecule has 2 aromatic rings. The van der Waals surface area contributed by atoms with Crippen molar-refractivity contribution in [3.05, 3.63) is 19.0 Å². The normalized spacial score (nSPS) is 17.6. The molecular weight excluding hydrogens is 539 g/mol. The van der Waals surface area contributed by atoms with Gasteiger partial charge >= 0.3 is 0 Å². The first-order valence-corrected chi connectivity index (χ1v) is 10.6. The Morgan fingerprint density at radius 2 is 1.80 bits per heavy atom. The van der Waals surface area contributed by atoms with E-state index >= 15 is 0 Å². The minimum Gasteiger partial charge on any atom is -0.379 e. The molecule has 25 heavy (non-hydrogen) atoms. The fourth-order valence-electron chi connectivity index (χ4n) is 3.49. The predicted octanol–water partition coefficient (Wildman–Crippen LogP) is 4.44. The maximum Gasteiger partial charge on any atom is 0.203 e. The van der Waals surface area contributed by atoms with E-state index in [-0.39, 0.29) is 12.4 Å². The van der Waals surface area contributed by atoms with Gasteiger partial charge in [-0.05, 0) is 66.2 Å². The predicted molar refractivity (Wildman–Crippen MR) is 114 cm³/mol. The van der Waals surface area contributed by atoms with E-state index in [9.17, 15) is 0 Å². The van der Waals surface area contributed by atoms with Crippen LogP contribution in [0.1, 0.15) is 12.0 Å². The van der Waals surface area contributed by atoms with Crippen LogP contribution in [0.5, 0.6) is 0 Å². The molecule has 138 valence electrons. The molecule has 0 saturated carbocycles. The summed E-state index contributed by atoms with van der Waals surface area (Å²) in [6.07, 6.45) is 2.23. The highest BCUT2D eigenvalue weighted by molar-refractivity contribution is 9.14. The lowest BCUT2D eigenvalue weighted by Crippen LogP contribution is -2.39. The molecule has 4 rings (SSSR count). The van der Waals surface area contributed by atoms with Crippen molar-refractivity contribution in [3.63, 3.8) is 0 Å². The van der Waals surface area contributed by atoms with Crippen molar-refractivity contribution >= 4 is 77.2 Å². The molecule has 0 aliphatic carbocycles. The molecule has 1 aromatic heterocycles. The molecule has 1 fully saturated rings. The molecule has 5 nitrogen and oxygen atoms in total. The number of hydrogen-bond acceptors (Lipinski definition) is 4. The number of aryl methyl sites for hydroxylation is 2. The Morgan fingerprint density at radius 1 is 1.04 bits per heavy atom. The summed E-state index contributed by atoms with van der Waals surface area (Å²) >= 11 is 11.1. The molecule has 1 N–H and O–H groups in total. The molecule has 0 bridgehead atoms. The van der Waals surface area contributed by atoms with Crippen LogP contribution in [-0.2, 0) is 17.7 Å². The molecule has 0 amide bonds.